The number of H-pyrrole nitrogens is 1. The van der Waals surface area contributed by atoms with Crippen LogP contribution in [0.5, 0.6) is 5.75 Å². The van der Waals surface area contributed by atoms with E-state index in [0.29, 0.717) is 31.0 Å². The van der Waals surface area contributed by atoms with E-state index in [1.807, 2.05) is 4.90 Å². The van der Waals surface area contributed by atoms with Gasteiger partial charge in [-0.05, 0) is 50.3 Å². The molecule has 158 valence electrons. The lowest BCUT2D eigenvalue weighted by molar-refractivity contribution is 0.0680. The Balaban J connectivity index is 1.47. The van der Waals surface area contributed by atoms with Crippen molar-refractivity contribution in [3.63, 3.8) is 0 Å². The zero-order valence-corrected chi connectivity index (χ0v) is 17.4. The summed E-state index contributed by atoms with van der Waals surface area (Å²) in [5.41, 5.74) is 0.200. The second-order valence-electron chi connectivity index (χ2n) is 7.89. The molecule has 2 atom stereocenters. The first-order chi connectivity index (χ1) is 14.3. The number of phenolic OH excluding ortho intramolecular Hbond substituents is 1. The van der Waals surface area contributed by atoms with Crippen LogP contribution >= 0.6 is 11.6 Å². The van der Waals surface area contributed by atoms with Gasteiger partial charge >= 0.3 is 0 Å². The van der Waals surface area contributed by atoms with E-state index in [9.17, 15) is 19.5 Å². The quantitative estimate of drug-likeness (QED) is 0.776. The molecule has 0 saturated carbocycles. The number of nitrogens with one attached hydrogen (secondary N) is 1. The number of nitrogens with zero attached hydrogens (tertiary/aromatic N) is 3. The molecule has 3 heterocycles. The first-order valence-electron chi connectivity index (χ1n) is 10.00. The molecule has 2 aliphatic rings. The second-order valence-corrected chi connectivity index (χ2v) is 8.30. The third kappa shape index (κ3) is 3.92. The summed E-state index contributed by atoms with van der Waals surface area (Å²) < 4.78 is 0. The van der Waals surface area contributed by atoms with Gasteiger partial charge in [0.15, 0.2) is 0 Å². The van der Waals surface area contributed by atoms with Crippen LogP contribution in [0.4, 0.5) is 0 Å². The van der Waals surface area contributed by atoms with Gasteiger partial charge in [0.25, 0.3) is 17.4 Å². The minimum atomic E-state index is -0.347. The average molecular weight is 431 g/mol. The van der Waals surface area contributed by atoms with Gasteiger partial charge in [-0.15, -0.1) is 0 Å². The van der Waals surface area contributed by atoms with E-state index in [1.165, 1.54) is 18.2 Å². The molecular weight excluding hydrogens is 408 g/mol. The predicted octanol–water partition coefficient (Wildman–Crippen LogP) is 2.20. The van der Waals surface area contributed by atoms with Crippen molar-refractivity contribution in [1.29, 1.82) is 0 Å². The van der Waals surface area contributed by atoms with Crippen LogP contribution < -0.4 is 5.56 Å². The fraction of sp³-hybridized carbons (Fsp3) is 0.429. The molecule has 2 unspecified atom stereocenters. The van der Waals surface area contributed by atoms with Crippen LogP contribution in [0.25, 0.3) is 0 Å². The van der Waals surface area contributed by atoms with E-state index in [4.69, 9.17) is 11.6 Å². The zero-order valence-electron chi connectivity index (χ0n) is 16.6. The molecule has 2 amide bonds. The molecule has 1 aromatic heterocycles. The summed E-state index contributed by atoms with van der Waals surface area (Å²) in [6, 6.07) is 5.78. The van der Waals surface area contributed by atoms with Gasteiger partial charge in [0.1, 0.15) is 17.3 Å². The maximum atomic E-state index is 13.0. The number of hydrogen-bond donors (Lipinski definition) is 2. The number of carbonyl (C=O) groups is 2. The minimum Gasteiger partial charge on any atom is -0.506 e. The maximum absolute atomic E-state index is 13.0. The molecule has 2 saturated heterocycles. The van der Waals surface area contributed by atoms with Crippen LogP contribution in [0.3, 0.4) is 0 Å². The van der Waals surface area contributed by atoms with Crippen LogP contribution in [-0.2, 0) is 0 Å². The van der Waals surface area contributed by atoms with Gasteiger partial charge in [0.2, 0.25) is 0 Å². The number of amides is 2. The lowest BCUT2D eigenvalue weighted by Crippen LogP contribution is -2.41. The first kappa shape index (κ1) is 20.4. The topological polar surface area (TPSA) is 107 Å². The summed E-state index contributed by atoms with van der Waals surface area (Å²) in [5, 5.41) is 10.0. The van der Waals surface area contributed by atoms with E-state index < -0.39 is 0 Å². The average Bonchev–Trinajstić information content (AvgIpc) is 3.37. The van der Waals surface area contributed by atoms with Crippen LogP contribution in [0.15, 0.2) is 29.1 Å². The number of aromatic hydroxyl groups is 1. The Morgan fingerprint density at radius 3 is 2.73 bits per heavy atom. The fourth-order valence-electron chi connectivity index (χ4n) is 4.48. The number of hydrogen-bond acceptors (Lipinski definition) is 5. The normalized spacial score (nSPS) is 21.3. The number of rotatable bonds is 3. The van der Waals surface area contributed by atoms with Crippen molar-refractivity contribution in [3.05, 3.63) is 56.7 Å². The molecule has 0 radical (unpaired) electrons. The highest BCUT2D eigenvalue weighted by Gasteiger charge is 2.39. The van der Waals surface area contributed by atoms with E-state index in [1.54, 1.807) is 17.9 Å². The van der Waals surface area contributed by atoms with Crippen LogP contribution in [0.2, 0.25) is 5.02 Å². The second kappa shape index (κ2) is 8.10. The Hall–Kier alpha value is -2.87. The lowest BCUT2D eigenvalue weighted by atomic mass is 9.96. The maximum Gasteiger partial charge on any atom is 0.272 e. The molecule has 8 nitrogen and oxygen atoms in total. The molecule has 30 heavy (non-hydrogen) atoms. The summed E-state index contributed by atoms with van der Waals surface area (Å²) >= 11 is 5.85. The Bertz CT molecular complexity index is 1050. The number of aryl methyl sites for hydroxylation is 1. The molecule has 0 aliphatic carbocycles. The van der Waals surface area contributed by atoms with Gasteiger partial charge in [-0.3, -0.25) is 14.4 Å². The third-order valence-corrected chi connectivity index (χ3v) is 6.21. The predicted molar refractivity (Wildman–Crippen MR) is 111 cm³/mol. The van der Waals surface area contributed by atoms with E-state index in [2.05, 4.69) is 9.97 Å². The molecule has 2 fully saturated rings. The molecule has 0 spiro atoms. The van der Waals surface area contributed by atoms with Gasteiger partial charge in [-0.1, -0.05) is 11.6 Å². The molecule has 2 aromatic rings. The highest BCUT2D eigenvalue weighted by atomic mass is 35.5. The van der Waals surface area contributed by atoms with Gasteiger partial charge in [0, 0.05) is 37.3 Å². The molecule has 0 bridgehead atoms. The lowest BCUT2D eigenvalue weighted by Gasteiger charge is -2.29. The molecule has 4 rings (SSSR count). The van der Waals surface area contributed by atoms with Crippen LogP contribution in [-0.4, -0.2) is 62.4 Å². The Kier molecular flexibility index (Phi) is 5.51. The number of halogens is 1. The van der Waals surface area contributed by atoms with Crippen LogP contribution in [0, 0.1) is 12.8 Å². The van der Waals surface area contributed by atoms with Gasteiger partial charge in [0.05, 0.1) is 5.02 Å². The van der Waals surface area contributed by atoms with Crippen molar-refractivity contribution in [1.82, 2.24) is 19.8 Å². The zero-order chi connectivity index (χ0) is 21.4. The van der Waals surface area contributed by atoms with E-state index in [-0.39, 0.29) is 45.8 Å². The third-order valence-electron chi connectivity index (χ3n) is 5.89. The first-order valence-corrected chi connectivity index (χ1v) is 10.4. The number of benzene rings is 1. The molecule has 2 N–H and O–H groups in total. The number of aromatic amines is 1. The van der Waals surface area contributed by atoms with Crippen molar-refractivity contribution in [2.24, 2.45) is 5.92 Å². The van der Waals surface area contributed by atoms with E-state index >= 15 is 0 Å². The van der Waals surface area contributed by atoms with Crippen molar-refractivity contribution in [3.8, 4) is 5.75 Å². The minimum absolute atomic E-state index is 0.0296. The Morgan fingerprint density at radius 2 is 2.00 bits per heavy atom. The number of likely N-dealkylation sites (tertiary alicyclic amines) is 2. The van der Waals surface area contributed by atoms with Crippen molar-refractivity contribution in [2.75, 3.05) is 19.6 Å². The smallest absolute Gasteiger partial charge is 0.272 e. The number of phenols is 1. The van der Waals surface area contributed by atoms with Crippen molar-refractivity contribution < 1.29 is 14.7 Å². The molecule has 2 aliphatic heterocycles. The number of carbonyl (C=O) groups excluding carboxylic acids is 2. The van der Waals surface area contributed by atoms with Gasteiger partial charge in [-0.2, -0.15) is 0 Å². The molecule has 1 aromatic carbocycles. The number of aromatic nitrogens is 2. The Labute approximate surface area is 178 Å². The highest BCUT2D eigenvalue weighted by Crippen LogP contribution is 2.33. The standard InChI is InChI=1S/C21H23ClN4O4/c1-12-23-16(10-19(28)24-12)21(30)25-8-6-14(11-25)17-3-2-7-26(17)20(29)13-4-5-15(22)18(27)9-13/h4-5,9-10,14,17,27H,2-3,6-8,11H2,1H3,(H,23,24,28). The summed E-state index contributed by atoms with van der Waals surface area (Å²) in [4.78, 5) is 47.8. The monoisotopic (exact) mass is 430 g/mol. The van der Waals surface area contributed by atoms with Gasteiger partial charge < -0.3 is 19.9 Å². The van der Waals surface area contributed by atoms with E-state index in [0.717, 1.165) is 19.3 Å². The highest BCUT2D eigenvalue weighted by molar-refractivity contribution is 6.32. The van der Waals surface area contributed by atoms with Crippen molar-refractivity contribution in [2.45, 2.75) is 32.2 Å². The molecular formula is C21H23ClN4O4. The summed E-state index contributed by atoms with van der Waals surface area (Å²) in [6.07, 6.45) is 2.56. The Morgan fingerprint density at radius 1 is 1.20 bits per heavy atom. The summed E-state index contributed by atoms with van der Waals surface area (Å²) in [7, 11) is 0. The largest absolute Gasteiger partial charge is 0.506 e. The fourth-order valence-corrected chi connectivity index (χ4v) is 4.60. The van der Waals surface area contributed by atoms with Crippen LogP contribution in [0.1, 0.15) is 45.9 Å². The summed E-state index contributed by atoms with van der Waals surface area (Å²) in [5.74, 6) is 0.0487. The molecule has 9 heteroatoms. The summed E-state index contributed by atoms with van der Waals surface area (Å²) in [6.45, 7) is 3.37. The van der Waals surface area contributed by atoms with Crippen molar-refractivity contribution >= 4 is 23.4 Å². The SMILES string of the molecule is Cc1nc(C(=O)N2CCC(C3CCCN3C(=O)c3ccc(Cl)c(O)c3)C2)cc(=O)[nH]1. The van der Waals surface area contributed by atoms with Gasteiger partial charge in [-0.25, -0.2) is 4.98 Å².